The van der Waals surface area contributed by atoms with Crippen LogP contribution in [0.3, 0.4) is 0 Å². The van der Waals surface area contributed by atoms with Gasteiger partial charge in [0.1, 0.15) is 0 Å². The number of ether oxygens (including phenoxy) is 1. The van der Waals surface area contributed by atoms with Crippen molar-refractivity contribution in [2.75, 3.05) is 13.2 Å². The Morgan fingerprint density at radius 3 is 2.88 bits per heavy atom. The van der Waals surface area contributed by atoms with Gasteiger partial charge in [0.15, 0.2) is 5.69 Å². The van der Waals surface area contributed by atoms with E-state index in [9.17, 15) is 5.11 Å². The molecule has 0 saturated carbocycles. The second kappa shape index (κ2) is 4.97. The Hall–Kier alpha value is -1.88. The monoisotopic (exact) mass is 233 g/mol. The van der Waals surface area contributed by atoms with E-state index in [0.717, 1.165) is 10.9 Å². The topological polar surface area (TPSA) is 70.6 Å². The Bertz CT molecular complexity index is 534. The summed E-state index contributed by atoms with van der Waals surface area (Å²) in [5.74, 6) is 0.0286. The van der Waals surface area contributed by atoms with Gasteiger partial charge in [-0.2, -0.15) is 5.11 Å². The summed E-state index contributed by atoms with van der Waals surface area (Å²) in [5, 5.41) is 14.2. The van der Waals surface area contributed by atoms with E-state index in [0.29, 0.717) is 25.4 Å². The summed E-state index contributed by atoms with van der Waals surface area (Å²) >= 11 is 0. The normalized spacial score (nSPS) is 10.9. The molecule has 0 spiro atoms. The number of hydrogen-bond acceptors (Lipinski definition) is 4. The van der Waals surface area contributed by atoms with Crippen molar-refractivity contribution in [3.63, 3.8) is 0 Å². The smallest absolute Gasteiger partial charge is 0.220 e. The Morgan fingerprint density at radius 1 is 1.41 bits per heavy atom. The Balaban J connectivity index is 2.46. The molecular formula is C12H15N3O2. The predicted octanol–water partition coefficient (Wildman–Crippen LogP) is 3.05. The number of fused-ring (bicyclic) bond motifs is 1. The molecule has 0 saturated heterocycles. The maximum absolute atomic E-state index is 10.0. The lowest BCUT2D eigenvalue weighted by molar-refractivity contribution is 0.138. The second-order valence-corrected chi connectivity index (χ2v) is 3.65. The standard InChI is InChI=1S/C12H15N3O2/c1-2-17-8-7-15-10-6-4-3-5-9(10)11(14-13)12(15)16/h3-6,13,16H,2,7-8H2,1H3. The molecule has 17 heavy (non-hydrogen) atoms. The highest BCUT2D eigenvalue weighted by atomic mass is 16.5. The first-order valence-electron chi connectivity index (χ1n) is 5.55. The van der Waals surface area contributed by atoms with Gasteiger partial charge in [0.05, 0.1) is 12.1 Å². The van der Waals surface area contributed by atoms with Crippen LogP contribution in [0.2, 0.25) is 0 Å². The van der Waals surface area contributed by atoms with E-state index in [4.69, 9.17) is 10.3 Å². The van der Waals surface area contributed by atoms with Gasteiger partial charge < -0.3 is 14.4 Å². The summed E-state index contributed by atoms with van der Waals surface area (Å²) in [6.07, 6.45) is 0. The molecule has 90 valence electrons. The van der Waals surface area contributed by atoms with Gasteiger partial charge in [0.2, 0.25) is 5.88 Å². The van der Waals surface area contributed by atoms with E-state index < -0.39 is 0 Å². The predicted molar refractivity (Wildman–Crippen MR) is 64.9 cm³/mol. The number of aromatic hydroxyl groups is 1. The van der Waals surface area contributed by atoms with Crippen molar-refractivity contribution >= 4 is 16.6 Å². The third kappa shape index (κ3) is 2.01. The quantitative estimate of drug-likeness (QED) is 0.615. The fraction of sp³-hybridized carbons (Fsp3) is 0.333. The average molecular weight is 233 g/mol. The van der Waals surface area contributed by atoms with Gasteiger partial charge >= 0.3 is 0 Å². The van der Waals surface area contributed by atoms with Crippen molar-refractivity contribution in [2.24, 2.45) is 5.11 Å². The van der Waals surface area contributed by atoms with E-state index in [2.05, 4.69) is 5.11 Å². The van der Waals surface area contributed by atoms with E-state index >= 15 is 0 Å². The molecule has 0 fully saturated rings. The molecule has 0 atom stereocenters. The molecule has 1 aromatic carbocycles. The van der Waals surface area contributed by atoms with Crippen molar-refractivity contribution in [1.82, 2.24) is 4.57 Å². The highest BCUT2D eigenvalue weighted by Crippen LogP contribution is 2.38. The molecule has 5 heteroatoms. The minimum absolute atomic E-state index is 0.0286. The summed E-state index contributed by atoms with van der Waals surface area (Å²) in [6.45, 7) is 3.66. The van der Waals surface area contributed by atoms with Crippen LogP contribution in [0.25, 0.3) is 10.9 Å². The number of nitrogens with one attached hydrogen (secondary N) is 1. The van der Waals surface area contributed by atoms with Crippen LogP contribution in [0.4, 0.5) is 5.69 Å². The third-order valence-electron chi connectivity index (χ3n) is 2.69. The Labute approximate surface area is 99.1 Å². The first-order valence-corrected chi connectivity index (χ1v) is 5.55. The largest absolute Gasteiger partial charge is 0.493 e. The Morgan fingerprint density at radius 2 is 2.18 bits per heavy atom. The fourth-order valence-electron chi connectivity index (χ4n) is 1.91. The SMILES string of the molecule is CCOCCn1c(O)c(N=N)c2ccccc21. The van der Waals surface area contributed by atoms with Crippen LogP contribution >= 0.6 is 0 Å². The molecule has 2 rings (SSSR count). The van der Waals surface area contributed by atoms with Crippen LogP contribution in [-0.4, -0.2) is 22.9 Å². The number of nitrogens with zero attached hydrogens (tertiary/aromatic N) is 2. The molecule has 0 aliphatic rings. The molecule has 0 bridgehead atoms. The average Bonchev–Trinajstić information content (AvgIpc) is 2.62. The van der Waals surface area contributed by atoms with E-state index in [-0.39, 0.29) is 5.88 Å². The van der Waals surface area contributed by atoms with Crippen LogP contribution in [0, 0.1) is 5.53 Å². The number of hydrogen-bond donors (Lipinski definition) is 2. The minimum atomic E-state index is 0.0286. The summed E-state index contributed by atoms with van der Waals surface area (Å²) in [4.78, 5) is 0. The lowest BCUT2D eigenvalue weighted by Gasteiger charge is -2.06. The van der Waals surface area contributed by atoms with E-state index in [1.807, 2.05) is 31.2 Å². The van der Waals surface area contributed by atoms with E-state index in [1.54, 1.807) is 4.57 Å². The molecule has 2 N–H and O–H groups in total. The van der Waals surface area contributed by atoms with Gasteiger partial charge in [-0.05, 0) is 13.0 Å². The molecule has 2 aromatic rings. The fourth-order valence-corrected chi connectivity index (χ4v) is 1.91. The van der Waals surface area contributed by atoms with Gasteiger partial charge in [0.25, 0.3) is 0 Å². The number of para-hydroxylation sites is 1. The molecule has 1 aromatic heterocycles. The molecule has 1 heterocycles. The zero-order valence-corrected chi connectivity index (χ0v) is 9.68. The molecule has 0 aliphatic heterocycles. The van der Waals surface area contributed by atoms with Gasteiger partial charge in [-0.1, -0.05) is 18.2 Å². The summed E-state index contributed by atoms with van der Waals surface area (Å²) < 4.78 is 7.00. The first-order chi connectivity index (χ1) is 8.29. The highest BCUT2D eigenvalue weighted by Gasteiger charge is 2.15. The third-order valence-corrected chi connectivity index (χ3v) is 2.69. The molecular weight excluding hydrogens is 218 g/mol. The van der Waals surface area contributed by atoms with Gasteiger partial charge in [-0.3, -0.25) is 0 Å². The zero-order chi connectivity index (χ0) is 12.3. The maximum atomic E-state index is 10.0. The lowest BCUT2D eigenvalue weighted by atomic mass is 10.2. The van der Waals surface area contributed by atoms with Crippen molar-refractivity contribution in [3.05, 3.63) is 24.3 Å². The van der Waals surface area contributed by atoms with Crippen LogP contribution in [0.1, 0.15) is 6.92 Å². The Kier molecular flexibility index (Phi) is 3.39. The lowest BCUT2D eigenvalue weighted by Crippen LogP contribution is -2.05. The van der Waals surface area contributed by atoms with Crippen LogP contribution in [0.15, 0.2) is 29.4 Å². The molecule has 0 radical (unpaired) electrons. The van der Waals surface area contributed by atoms with Gasteiger partial charge in [0, 0.05) is 18.5 Å². The van der Waals surface area contributed by atoms with Gasteiger partial charge in [-0.15, -0.1) is 0 Å². The second-order valence-electron chi connectivity index (χ2n) is 3.65. The maximum Gasteiger partial charge on any atom is 0.220 e. The zero-order valence-electron chi connectivity index (χ0n) is 9.68. The van der Waals surface area contributed by atoms with Crippen molar-refractivity contribution < 1.29 is 9.84 Å². The van der Waals surface area contributed by atoms with Crippen molar-refractivity contribution in [1.29, 1.82) is 5.53 Å². The molecule has 0 unspecified atom stereocenters. The number of benzene rings is 1. The van der Waals surface area contributed by atoms with Crippen LogP contribution in [-0.2, 0) is 11.3 Å². The molecule has 0 amide bonds. The van der Waals surface area contributed by atoms with Crippen molar-refractivity contribution in [3.8, 4) is 5.88 Å². The summed E-state index contributed by atoms with van der Waals surface area (Å²) in [5.41, 5.74) is 8.30. The highest BCUT2D eigenvalue weighted by molar-refractivity contribution is 5.94. The van der Waals surface area contributed by atoms with Crippen molar-refractivity contribution in [2.45, 2.75) is 13.5 Å². The number of rotatable bonds is 5. The molecule has 5 nitrogen and oxygen atoms in total. The van der Waals surface area contributed by atoms with E-state index in [1.165, 1.54) is 0 Å². The summed E-state index contributed by atoms with van der Waals surface area (Å²) in [6, 6.07) is 7.51. The minimum Gasteiger partial charge on any atom is -0.493 e. The summed E-state index contributed by atoms with van der Waals surface area (Å²) in [7, 11) is 0. The molecule has 0 aliphatic carbocycles. The number of aromatic nitrogens is 1. The van der Waals surface area contributed by atoms with Crippen LogP contribution in [0.5, 0.6) is 5.88 Å². The van der Waals surface area contributed by atoms with Gasteiger partial charge in [-0.25, -0.2) is 5.53 Å². The van der Waals surface area contributed by atoms with Crippen LogP contribution < -0.4 is 0 Å². The first kappa shape index (κ1) is 11.6.